The molecule has 0 saturated heterocycles. The fraction of sp³-hybridized carbons (Fsp3) is 0.273. The standard InChI is InChI=1S/C33H32Si/c1-22(2)34(23(3)4,32-12-13-32)15-14-24-10-7-11-27-18-30-19-28-16-25-8-5-6-9-26(25)17-29(28)20-31(30)21-33(24)27/h5-11,16-23,32H,12-13H2,1-4H3. The number of benzene rings is 5. The zero-order valence-corrected chi connectivity index (χ0v) is 21.7. The summed E-state index contributed by atoms with van der Waals surface area (Å²) < 4.78 is 0. The summed E-state index contributed by atoms with van der Waals surface area (Å²) >= 11 is 0. The average molecular weight is 457 g/mol. The maximum atomic E-state index is 3.99. The molecule has 0 N–H and O–H groups in total. The van der Waals surface area contributed by atoms with Crippen LogP contribution in [0.1, 0.15) is 46.1 Å². The number of rotatable bonds is 3. The lowest BCUT2D eigenvalue weighted by Gasteiger charge is -2.34. The van der Waals surface area contributed by atoms with Crippen LogP contribution in [0.25, 0.3) is 43.1 Å². The molecule has 1 aliphatic rings. The summed E-state index contributed by atoms with van der Waals surface area (Å²) in [5, 5.41) is 10.4. The molecule has 0 aliphatic heterocycles. The Morgan fingerprint density at radius 1 is 0.618 bits per heavy atom. The van der Waals surface area contributed by atoms with Crippen LogP contribution in [0, 0.1) is 11.5 Å². The molecule has 1 aliphatic carbocycles. The van der Waals surface area contributed by atoms with Crippen LogP contribution in [0.15, 0.2) is 78.9 Å². The van der Waals surface area contributed by atoms with E-state index in [-0.39, 0.29) is 0 Å². The third kappa shape index (κ3) is 3.44. The molecule has 0 amide bonds. The van der Waals surface area contributed by atoms with Crippen molar-refractivity contribution in [2.45, 2.75) is 57.2 Å². The van der Waals surface area contributed by atoms with Gasteiger partial charge in [0.15, 0.2) is 0 Å². The first kappa shape index (κ1) is 21.5. The first-order valence-corrected chi connectivity index (χ1v) is 15.0. The minimum atomic E-state index is -1.66. The van der Waals surface area contributed by atoms with Crippen molar-refractivity contribution in [1.29, 1.82) is 0 Å². The topological polar surface area (TPSA) is 0 Å². The molecule has 0 heterocycles. The highest BCUT2D eigenvalue weighted by molar-refractivity contribution is 6.91. The van der Waals surface area contributed by atoms with Crippen molar-refractivity contribution in [1.82, 2.24) is 0 Å². The van der Waals surface area contributed by atoms with Crippen molar-refractivity contribution in [3.63, 3.8) is 0 Å². The van der Waals surface area contributed by atoms with Crippen molar-refractivity contribution < 1.29 is 0 Å². The second-order valence-corrected chi connectivity index (χ2v) is 16.1. The van der Waals surface area contributed by atoms with Crippen molar-refractivity contribution >= 4 is 51.2 Å². The smallest absolute Gasteiger partial charge is 0.125 e. The fourth-order valence-corrected chi connectivity index (χ4v) is 11.8. The zero-order valence-electron chi connectivity index (χ0n) is 20.7. The predicted molar refractivity (Wildman–Crippen MR) is 152 cm³/mol. The maximum absolute atomic E-state index is 3.99. The van der Waals surface area contributed by atoms with E-state index in [2.05, 4.69) is 118 Å². The fourth-order valence-electron chi connectivity index (χ4n) is 6.32. The lowest BCUT2D eigenvalue weighted by Crippen LogP contribution is -2.40. The summed E-state index contributed by atoms with van der Waals surface area (Å²) in [5.74, 6) is 3.75. The van der Waals surface area contributed by atoms with Gasteiger partial charge in [-0.1, -0.05) is 82.9 Å². The molecule has 0 bridgehead atoms. The van der Waals surface area contributed by atoms with Gasteiger partial charge in [-0.3, -0.25) is 0 Å². The number of hydrogen-bond donors (Lipinski definition) is 0. The summed E-state index contributed by atoms with van der Waals surface area (Å²) in [4.78, 5) is 0. The molecule has 168 valence electrons. The Bertz CT molecular complexity index is 1610. The summed E-state index contributed by atoms with van der Waals surface area (Å²) in [6.45, 7) is 9.69. The predicted octanol–water partition coefficient (Wildman–Crippen LogP) is 9.62. The highest BCUT2D eigenvalue weighted by Gasteiger charge is 2.50. The van der Waals surface area contributed by atoms with Crippen LogP contribution < -0.4 is 0 Å². The quantitative estimate of drug-likeness (QED) is 0.144. The Morgan fingerprint density at radius 2 is 1.12 bits per heavy atom. The van der Waals surface area contributed by atoms with E-state index >= 15 is 0 Å². The van der Waals surface area contributed by atoms with E-state index in [4.69, 9.17) is 0 Å². The largest absolute Gasteiger partial charge is 0.147 e. The molecule has 0 spiro atoms. The second-order valence-electron chi connectivity index (χ2n) is 10.9. The van der Waals surface area contributed by atoms with Crippen molar-refractivity contribution in [2.24, 2.45) is 0 Å². The van der Waals surface area contributed by atoms with Crippen molar-refractivity contribution in [3.8, 4) is 11.5 Å². The second kappa shape index (κ2) is 8.00. The molecule has 0 unspecified atom stereocenters. The Balaban J connectivity index is 1.54. The molecule has 5 aromatic rings. The van der Waals surface area contributed by atoms with Gasteiger partial charge in [0, 0.05) is 5.56 Å². The van der Waals surface area contributed by atoms with Gasteiger partial charge in [0.25, 0.3) is 0 Å². The van der Waals surface area contributed by atoms with Crippen LogP contribution in [0.3, 0.4) is 0 Å². The van der Waals surface area contributed by atoms with Gasteiger partial charge < -0.3 is 0 Å². The number of hydrogen-bond acceptors (Lipinski definition) is 0. The van der Waals surface area contributed by atoms with Gasteiger partial charge in [0.2, 0.25) is 0 Å². The molecule has 1 fully saturated rings. The average Bonchev–Trinajstić information content (AvgIpc) is 3.66. The Labute approximate surface area is 204 Å². The molecular formula is C33H32Si. The van der Waals surface area contributed by atoms with Crippen molar-refractivity contribution in [2.75, 3.05) is 0 Å². The van der Waals surface area contributed by atoms with E-state index < -0.39 is 8.07 Å². The van der Waals surface area contributed by atoms with Gasteiger partial charge in [-0.2, -0.15) is 0 Å². The van der Waals surface area contributed by atoms with Gasteiger partial charge >= 0.3 is 0 Å². The van der Waals surface area contributed by atoms with Crippen LogP contribution in [0.5, 0.6) is 0 Å². The molecule has 0 nitrogen and oxygen atoms in total. The molecule has 1 saturated carbocycles. The van der Waals surface area contributed by atoms with Crippen LogP contribution in [-0.4, -0.2) is 8.07 Å². The molecule has 1 heteroatoms. The summed E-state index contributed by atoms with van der Waals surface area (Å²) in [7, 11) is -1.66. The van der Waals surface area contributed by atoms with Gasteiger partial charge in [-0.15, -0.1) is 5.54 Å². The lowest BCUT2D eigenvalue weighted by molar-refractivity contribution is 0.891. The molecule has 6 rings (SSSR count). The minimum absolute atomic E-state index is 0.699. The van der Waals surface area contributed by atoms with Crippen LogP contribution in [-0.2, 0) is 0 Å². The van der Waals surface area contributed by atoms with E-state index in [1.54, 1.807) is 0 Å². The molecular weight excluding hydrogens is 424 g/mol. The lowest BCUT2D eigenvalue weighted by atomic mass is 9.96. The van der Waals surface area contributed by atoms with Crippen LogP contribution in [0.4, 0.5) is 0 Å². The SMILES string of the molecule is CC(C)[Si](C#Cc1cccc2cc3cc4cc5ccccc5cc4cc3cc12)(C(C)C)C1CC1. The Kier molecular flexibility index (Phi) is 5.05. The molecule has 34 heavy (non-hydrogen) atoms. The third-order valence-electron chi connectivity index (χ3n) is 8.23. The Hall–Kier alpha value is -3.08. The van der Waals surface area contributed by atoms with Gasteiger partial charge in [0.05, 0.1) is 0 Å². The molecule has 0 atom stereocenters. The molecule has 0 radical (unpaired) electrons. The van der Waals surface area contributed by atoms with E-state index in [0.29, 0.717) is 11.1 Å². The third-order valence-corrected chi connectivity index (χ3v) is 14.5. The highest BCUT2D eigenvalue weighted by atomic mass is 28.3. The van der Waals surface area contributed by atoms with Gasteiger partial charge in [-0.25, -0.2) is 0 Å². The van der Waals surface area contributed by atoms with E-state index in [0.717, 1.165) is 5.54 Å². The van der Waals surface area contributed by atoms with E-state index in [9.17, 15) is 0 Å². The molecule has 5 aromatic carbocycles. The Morgan fingerprint density at radius 3 is 1.68 bits per heavy atom. The first-order chi connectivity index (χ1) is 16.5. The van der Waals surface area contributed by atoms with Crippen molar-refractivity contribution in [3.05, 3.63) is 84.4 Å². The monoisotopic (exact) mass is 456 g/mol. The molecule has 0 aromatic heterocycles. The van der Waals surface area contributed by atoms with Crippen LogP contribution >= 0.6 is 0 Å². The highest BCUT2D eigenvalue weighted by Crippen LogP contribution is 2.54. The summed E-state index contributed by atoms with van der Waals surface area (Å²) in [5.41, 5.74) is 7.46. The van der Waals surface area contributed by atoms with E-state index in [1.165, 1.54) is 61.5 Å². The van der Waals surface area contributed by atoms with Gasteiger partial charge in [-0.05, 0) is 102 Å². The van der Waals surface area contributed by atoms with Gasteiger partial charge in [0.1, 0.15) is 8.07 Å². The van der Waals surface area contributed by atoms with Crippen LogP contribution in [0.2, 0.25) is 16.6 Å². The van der Waals surface area contributed by atoms with E-state index in [1.807, 2.05) is 0 Å². The summed E-state index contributed by atoms with van der Waals surface area (Å²) in [6, 6.07) is 29.3. The maximum Gasteiger partial charge on any atom is 0.147 e. The normalized spacial score (nSPS) is 14.4. The zero-order chi connectivity index (χ0) is 23.4. The summed E-state index contributed by atoms with van der Waals surface area (Å²) in [6.07, 6.45) is 2.78. The minimum Gasteiger partial charge on any atom is -0.125 e. The number of fused-ring (bicyclic) bond motifs is 4. The first-order valence-electron chi connectivity index (χ1n) is 12.8.